The van der Waals surface area contributed by atoms with E-state index in [4.69, 9.17) is 4.74 Å². The summed E-state index contributed by atoms with van der Waals surface area (Å²) in [5.41, 5.74) is 0.565. The van der Waals surface area contributed by atoms with Crippen LogP contribution in [0.2, 0.25) is 0 Å². The Labute approximate surface area is 123 Å². The zero-order valence-electron chi connectivity index (χ0n) is 13.5. The van der Waals surface area contributed by atoms with Crippen molar-refractivity contribution in [1.29, 1.82) is 0 Å². The maximum absolute atomic E-state index is 9.54. The monoisotopic (exact) mass is 284 g/mol. The summed E-state index contributed by atoms with van der Waals surface area (Å²) in [4.78, 5) is 2.46. The second-order valence-electron chi connectivity index (χ2n) is 7.69. The number of hydrogen-bond acceptors (Lipinski definition) is 4. The third-order valence-corrected chi connectivity index (χ3v) is 4.76. The molecule has 0 aromatic carbocycles. The van der Waals surface area contributed by atoms with E-state index >= 15 is 0 Å². The molecule has 1 atom stereocenters. The Morgan fingerprint density at radius 1 is 1.30 bits per heavy atom. The summed E-state index contributed by atoms with van der Waals surface area (Å²) < 4.78 is 5.50. The van der Waals surface area contributed by atoms with E-state index < -0.39 is 0 Å². The molecule has 1 heterocycles. The van der Waals surface area contributed by atoms with Gasteiger partial charge in [-0.1, -0.05) is 12.8 Å². The second-order valence-corrected chi connectivity index (χ2v) is 7.69. The molecule has 0 aromatic heterocycles. The molecule has 1 unspecified atom stereocenters. The Morgan fingerprint density at radius 3 is 2.60 bits per heavy atom. The summed E-state index contributed by atoms with van der Waals surface area (Å²) in [7, 11) is 0. The molecule has 118 valence electrons. The van der Waals surface area contributed by atoms with Gasteiger partial charge in [-0.25, -0.2) is 0 Å². The lowest BCUT2D eigenvalue weighted by molar-refractivity contribution is -0.0445. The minimum absolute atomic E-state index is 0.178. The first-order valence-corrected chi connectivity index (χ1v) is 8.12. The standard InChI is InChI=1S/C16H32N2O2/c1-15(2,3)17-12-16(6-4-5-7-16)13-18-8-9-20-11-14(18)10-19/h14,17,19H,4-13H2,1-3H3. The smallest absolute Gasteiger partial charge is 0.0644 e. The first-order valence-electron chi connectivity index (χ1n) is 8.12. The maximum Gasteiger partial charge on any atom is 0.0644 e. The number of morpholine rings is 1. The van der Waals surface area contributed by atoms with Crippen LogP contribution in [0.5, 0.6) is 0 Å². The third kappa shape index (κ3) is 4.42. The number of aliphatic hydroxyl groups is 1. The van der Waals surface area contributed by atoms with Crippen LogP contribution in [0.25, 0.3) is 0 Å². The molecular formula is C16H32N2O2. The fraction of sp³-hybridized carbons (Fsp3) is 1.00. The highest BCUT2D eigenvalue weighted by Gasteiger charge is 2.38. The molecule has 4 heteroatoms. The zero-order valence-corrected chi connectivity index (χ0v) is 13.5. The van der Waals surface area contributed by atoms with Crippen LogP contribution in [0.3, 0.4) is 0 Å². The predicted octanol–water partition coefficient (Wildman–Crippen LogP) is 1.63. The minimum atomic E-state index is 0.178. The van der Waals surface area contributed by atoms with Crippen molar-refractivity contribution in [3.05, 3.63) is 0 Å². The Bertz CT molecular complexity index is 295. The summed E-state index contributed by atoms with van der Waals surface area (Å²) in [6, 6.07) is 0.191. The van der Waals surface area contributed by atoms with Crippen molar-refractivity contribution in [2.24, 2.45) is 5.41 Å². The van der Waals surface area contributed by atoms with Gasteiger partial charge < -0.3 is 15.2 Å². The molecule has 1 aliphatic carbocycles. The number of nitrogens with one attached hydrogen (secondary N) is 1. The van der Waals surface area contributed by atoms with Gasteiger partial charge in [0.15, 0.2) is 0 Å². The molecule has 2 aliphatic rings. The number of hydrogen-bond donors (Lipinski definition) is 2. The molecule has 1 aliphatic heterocycles. The van der Waals surface area contributed by atoms with Crippen molar-refractivity contribution in [2.45, 2.75) is 58.0 Å². The van der Waals surface area contributed by atoms with Crippen LogP contribution in [-0.2, 0) is 4.74 Å². The summed E-state index contributed by atoms with van der Waals surface area (Å²) >= 11 is 0. The van der Waals surface area contributed by atoms with Crippen molar-refractivity contribution in [1.82, 2.24) is 10.2 Å². The average Bonchev–Trinajstić information content (AvgIpc) is 2.86. The lowest BCUT2D eigenvalue weighted by atomic mass is 9.84. The van der Waals surface area contributed by atoms with Gasteiger partial charge in [0, 0.05) is 25.2 Å². The number of rotatable bonds is 5. The summed E-state index contributed by atoms with van der Waals surface area (Å²) in [5.74, 6) is 0. The fourth-order valence-corrected chi connectivity index (χ4v) is 3.46. The SMILES string of the molecule is CC(C)(C)NCC1(CN2CCOCC2CO)CCCC1. The molecular weight excluding hydrogens is 252 g/mol. The molecule has 0 bridgehead atoms. The molecule has 20 heavy (non-hydrogen) atoms. The molecule has 1 saturated carbocycles. The molecule has 0 radical (unpaired) electrons. The Balaban J connectivity index is 1.97. The normalized spacial score (nSPS) is 27.9. The van der Waals surface area contributed by atoms with Crippen molar-refractivity contribution in [3.63, 3.8) is 0 Å². The lowest BCUT2D eigenvalue weighted by Crippen LogP contribution is -2.54. The van der Waals surface area contributed by atoms with Gasteiger partial charge in [-0.2, -0.15) is 0 Å². The van der Waals surface area contributed by atoms with Crippen LogP contribution in [0.15, 0.2) is 0 Å². The van der Waals surface area contributed by atoms with Crippen LogP contribution in [0, 0.1) is 5.41 Å². The molecule has 0 aromatic rings. The van der Waals surface area contributed by atoms with E-state index in [2.05, 4.69) is 31.0 Å². The highest BCUT2D eigenvalue weighted by molar-refractivity contribution is 4.93. The average molecular weight is 284 g/mol. The van der Waals surface area contributed by atoms with Crippen LogP contribution in [0.4, 0.5) is 0 Å². The highest BCUT2D eigenvalue weighted by Crippen LogP contribution is 2.39. The van der Waals surface area contributed by atoms with Crippen molar-refractivity contribution >= 4 is 0 Å². The Kier molecular flexibility index (Phi) is 5.46. The van der Waals surface area contributed by atoms with Gasteiger partial charge in [0.2, 0.25) is 0 Å². The fourth-order valence-electron chi connectivity index (χ4n) is 3.46. The zero-order chi connectivity index (χ0) is 14.6. The number of aliphatic hydroxyl groups excluding tert-OH is 1. The first kappa shape index (κ1) is 16.2. The van der Waals surface area contributed by atoms with E-state index in [1.807, 2.05) is 0 Å². The van der Waals surface area contributed by atoms with Crippen LogP contribution in [-0.4, -0.2) is 61.0 Å². The van der Waals surface area contributed by atoms with Gasteiger partial charge in [0.25, 0.3) is 0 Å². The Hall–Kier alpha value is -0.160. The van der Waals surface area contributed by atoms with E-state index in [1.165, 1.54) is 25.7 Å². The van der Waals surface area contributed by atoms with Gasteiger partial charge in [0.1, 0.15) is 0 Å². The molecule has 1 saturated heterocycles. The van der Waals surface area contributed by atoms with Gasteiger partial charge >= 0.3 is 0 Å². The summed E-state index contributed by atoms with van der Waals surface area (Å²) in [5, 5.41) is 13.2. The molecule has 2 fully saturated rings. The first-order chi connectivity index (χ1) is 9.44. The second kappa shape index (κ2) is 6.73. The third-order valence-electron chi connectivity index (χ3n) is 4.76. The van der Waals surface area contributed by atoms with Crippen molar-refractivity contribution in [2.75, 3.05) is 39.5 Å². The topological polar surface area (TPSA) is 44.7 Å². The van der Waals surface area contributed by atoms with Crippen molar-refractivity contribution in [3.8, 4) is 0 Å². The van der Waals surface area contributed by atoms with Gasteiger partial charge in [0.05, 0.1) is 25.9 Å². The molecule has 0 spiro atoms. The van der Waals surface area contributed by atoms with Crippen LogP contribution >= 0.6 is 0 Å². The van der Waals surface area contributed by atoms with E-state index in [-0.39, 0.29) is 18.2 Å². The van der Waals surface area contributed by atoms with E-state index in [9.17, 15) is 5.11 Å². The molecule has 2 rings (SSSR count). The maximum atomic E-state index is 9.54. The summed E-state index contributed by atoms with van der Waals surface area (Å²) in [6.45, 7) is 11.6. The molecule has 2 N–H and O–H groups in total. The minimum Gasteiger partial charge on any atom is -0.395 e. The molecule has 0 amide bonds. The predicted molar refractivity (Wildman–Crippen MR) is 81.9 cm³/mol. The molecule has 4 nitrogen and oxygen atoms in total. The van der Waals surface area contributed by atoms with Gasteiger partial charge in [-0.15, -0.1) is 0 Å². The van der Waals surface area contributed by atoms with Crippen LogP contribution in [0.1, 0.15) is 46.5 Å². The quantitative estimate of drug-likeness (QED) is 0.805. The van der Waals surface area contributed by atoms with E-state index in [0.717, 1.165) is 26.2 Å². The largest absolute Gasteiger partial charge is 0.395 e. The number of ether oxygens (including phenoxy) is 1. The summed E-state index contributed by atoms with van der Waals surface area (Å²) in [6.07, 6.45) is 5.32. The number of nitrogens with zero attached hydrogens (tertiary/aromatic N) is 1. The lowest BCUT2D eigenvalue weighted by Gasteiger charge is -2.42. The van der Waals surface area contributed by atoms with E-state index in [1.54, 1.807) is 0 Å². The van der Waals surface area contributed by atoms with Crippen molar-refractivity contribution < 1.29 is 9.84 Å². The van der Waals surface area contributed by atoms with Gasteiger partial charge in [-0.3, -0.25) is 4.90 Å². The van der Waals surface area contributed by atoms with Crippen LogP contribution < -0.4 is 5.32 Å². The Morgan fingerprint density at radius 2 is 2.00 bits per heavy atom. The highest BCUT2D eigenvalue weighted by atomic mass is 16.5. The van der Waals surface area contributed by atoms with Gasteiger partial charge in [-0.05, 0) is 39.0 Å². The van der Waals surface area contributed by atoms with E-state index in [0.29, 0.717) is 12.0 Å².